The van der Waals surface area contributed by atoms with E-state index in [1.54, 1.807) is 49.4 Å². The lowest BCUT2D eigenvalue weighted by Gasteiger charge is -2.10. The molecule has 0 aliphatic heterocycles. The summed E-state index contributed by atoms with van der Waals surface area (Å²) >= 11 is 11.9. The molecule has 2 aromatic rings. The normalized spacial score (nSPS) is 11.4. The van der Waals surface area contributed by atoms with E-state index in [1.807, 2.05) is 0 Å². The van der Waals surface area contributed by atoms with Gasteiger partial charge in [-0.25, -0.2) is 8.42 Å². The van der Waals surface area contributed by atoms with E-state index in [9.17, 15) is 8.42 Å². The van der Waals surface area contributed by atoms with E-state index in [4.69, 9.17) is 23.2 Å². The summed E-state index contributed by atoms with van der Waals surface area (Å²) in [6.45, 7) is 5.62. The van der Waals surface area contributed by atoms with Crippen molar-refractivity contribution in [3.63, 3.8) is 0 Å². The molecule has 0 aliphatic carbocycles. The van der Waals surface area contributed by atoms with Crippen LogP contribution >= 0.6 is 23.2 Å². The number of aryl methyl sites for hydroxylation is 1. The van der Waals surface area contributed by atoms with Crippen LogP contribution in [-0.4, -0.2) is 14.2 Å². The molecule has 0 saturated carbocycles. The maximum Gasteiger partial charge on any atom is 0.182 e. The molecule has 0 amide bonds. The highest BCUT2D eigenvalue weighted by Gasteiger charge is 2.19. The van der Waals surface area contributed by atoms with Crippen LogP contribution in [-0.2, 0) is 9.84 Å². The van der Waals surface area contributed by atoms with Crippen molar-refractivity contribution in [1.82, 2.24) is 0 Å². The van der Waals surface area contributed by atoms with Gasteiger partial charge in [0, 0.05) is 10.0 Å². The van der Waals surface area contributed by atoms with E-state index < -0.39 is 9.84 Å². The van der Waals surface area contributed by atoms with Gasteiger partial charge in [-0.1, -0.05) is 48.0 Å². The molecule has 0 spiro atoms. The maximum absolute atomic E-state index is 12.5. The van der Waals surface area contributed by atoms with Gasteiger partial charge in [-0.05, 0) is 47.9 Å². The SMILES string of the molecule is C=C(CS(=O)(=O)c1ccccc1C)c1cc(Cl)cc(Cl)c1. The van der Waals surface area contributed by atoms with Crippen molar-refractivity contribution in [2.24, 2.45) is 0 Å². The van der Waals surface area contributed by atoms with Crippen molar-refractivity contribution < 1.29 is 8.42 Å². The lowest BCUT2D eigenvalue weighted by atomic mass is 10.1. The number of rotatable bonds is 4. The molecule has 0 aromatic heterocycles. The lowest BCUT2D eigenvalue weighted by molar-refractivity contribution is 0.599. The zero-order chi connectivity index (χ0) is 15.6. The van der Waals surface area contributed by atoms with E-state index in [0.29, 0.717) is 26.1 Å². The van der Waals surface area contributed by atoms with Gasteiger partial charge in [0.05, 0.1) is 10.6 Å². The first-order valence-corrected chi connectivity index (χ1v) is 8.63. The van der Waals surface area contributed by atoms with Crippen LogP contribution in [0.1, 0.15) is 11.1 Å². The molecule has 21 heavy (non-hydrogen) atoms. The summed E-state index contributed by atoms with van der Waals surface area (Å²) in [6.07, 6.45) is 0. The largest absolute Gasteiger partial charge is 0.223 e. The van der Waals surface area contributed by atoms with Crippen LogP contribution in [0.2, 0.25) is 10.0 Å². The third-order valence-corrected chi connectivity index (χ3v) is 5.36. The average molecular weight is 341 g/mol. The monoisotopic (exact) mass is 340 g/mol. The summed E-state index contributed by atoms with van der Waals surface area (Å²) in [5.74, 6) is -0.172. The zero-order valence-electron chi connectivity index (χ0n) is 11.4. The number of sulfone groups is 1. The topological polar surface area (TPSA) is 34.1 Å². The Morgan fingerprint density at radius 3 is 2.24 bits per heavy atom. The second kappa shape index (κ2) is 6.22. The van der Waals surface area contributed by atoms with Gasteiger partial charge in [0.2, 0.25) is 0 Å². The van der Waals surface area contributed by atoms with Crippen molar-refractivity contribution in [2.45, 2.75) is 11.8 Å². The van der Waals surface area contributed by atoms with Gasteiger partial charge < -0.3 is 0 Å². The minimum Gasteiger partial charge on any atom is -0.223 e. The van der Waals surface area contributed by atoms with Crippen LogP contribution in [0.3, 0.4) is 0 Å². The third-order valence-electron chi connectivity index (χ3n) is 3.06. The molecule has 2 aromatic carbocycles. The Morgan fingerprint density at radius 2 is 1.67 bits per heavy atom. The zero-order valence-corrected chi connectivity index (χ0v) is 13.8. The molecule has 0 saturated heterocycles. The minimum atomic E-state index is -3.45. The van der Waals surface area contributed by atoms with Crippen molar-refractivity contribution in [2.75, 3.05) is 5.75 Å². The molecule has 110 valence electrons. The van der Waals surface area contributed by atoms with E-state index in [1.165, 1.54) is 0 Å². The molecule has 5 heteroatoms. The molecule has 0 radical (unpaired) electrons. The summed E-state index contributed by atoms with van der Waals surface area (Å²) in [4.78, 5) is 0.319. The Labute approximate surface area is 134 Å². The van der Waals surface area contributed by atoms with Gasteiger partial charge >= 0.3 is 0 Å². The number of halogens is 2. The predicted octanol–water partition coefficient (Wildman–Crippen LogP) is 4.79. The fraction of sp³-hybridized carbons (Fsp3) is 0.125. The van der Waals surface area contributed by atoms with Gasteiger partial charge in [0.15, 0.2) is 9.84 Å². The van der Waals surface area contributed by atoms with E-state index in [0.717, 1.165) is 5.56 Å². The second-order valence-corrected chi connectivity index (χ2v) is 7.62. The molecule has 0 atom stereocenters. The van der Waals surface area contributed by atoms with E-state index in [2.05, 4.69) is 6.58 Å². The smallest absolute Gasteiger partial charge is 0.182 e. The van der Waals surface area contributed by atoms with Crippen molar-refractivity contribution in [3.05, 3.63) is 70.2 Å². The predicted molar refractivity (Wildman–Crippen MR) is 88.7 cm³/mol. The van der Waals surface area contributed by atoms with Crippen LogP contribution in [0.4, 0.5) is 0 Å². The minimum absolute atomic E-state index is 0.172. The Bertz CT molecular complexity index is 775. The Morgan fingerprint density at radius 1 is 1.10 bits per heavy atom. The molecule has 0 heterocycles. The maximum atomic E-state index is 12.5. The molecule has 0 N–H and O–H groups in total. The quantitative estimate of drug-likeness (QED) is 0.801. The number of hydrogen-bond donors (Lipinski definition) is 0. The van der Waals surface area contributed by atoms with Crippen LogP contribution in [0.15, 0.2) is 53.9 Å². The highest BCUT2D eigenvalue weighted by molar-refractivity contribution is 7.91. The fourth-order valence-electron chi connectivity index (χ4n) is 2.05. The fourth-order valence-corrected chi connectivity index (χ4v) is 4.21. The van der Waals surface area contributed by atoms with Gasteiger partial charge in [0.1, 0.15) is 0 Å². The first-order chi connectivity index (χ1) is 9.79. The molecular weight excluding hydrogens is 327 g/mol. The summed E-state index contributed by atoms with van der Waals surface area (Å²) < 4.78 is 25.0. The molecule has 2 rings (SSSR count). The molecule has 2 nitrogen and oxygen atoms in total. The standard InChI is InChI=1S/C16H14Cl2O2S/c1-11-5-3-4-6-16(11)21(19,20)10-12(2)13-7-14(17)9-15(18)8-13/h3-9H,2,10H2,1H3. The highest BCUT2D eigenvalue weighted by atomic mass is 35.5. The molecule has 0 aliphatic rings. The van der Waals surface area contributed by atoms with Crippen LogP contribution in [0.25, 0.3) is 5.57 Å². The molecule has 0 bridgehead atoms. The molecule has 0 fully saturated rings. The van der Waals surface area contributed by atoms with Crippen LogP contribution in [0.5, 0.6) is 0 Å². The number of benzene rings is 2. The number of hydrogen-bond acceptors (Lipinski definition) is 2. The van der Waals surface area contributed by atoms with Crippen molar-refractivity contribution in [3.8, 4) is 0 Å². The summed E-state index contributed by atoms with van der Waals surface area (Å²) in [7, 11) is -3.45. The highest BCUT2D eigenvalue weighted by Crippen LogP contribution is 2.26. The second-order valence-electron chi connectivity index (χ2n) is 4.79. The van der Waals surface area contributed by atoms with Gasteiger partial charge in [-0.3, -0.25) is 0 Å². The third kappa shape index (κ3) is 3.88. The molecule has 0 unspecified atom stereocenters. The Balaban J connectivity index is 2.33. The Hall–Kier alpha value is -1.29. The van der Waals surface area contributed by atoms with Gasteiger partial charge in [0.25, 0.3) is 0 Å². The van der Waals surface area contributed by atoms with E-state index in [-0.39, 0.29) is 5.75 Å². The summed E-state index contributed by atoms with van der Waals surface area (Å²) in [5.41, 5.74) is 1.81. The van der Waals surface area contributed by atoms with Gasteiger partial charge in [-0.2, -0.15) is 0 Å². The Kier molecular flexibility index (Phi) is 4.77. The molecular formula is C16H14Cl2O2S. The van der Waals surface area contributed by atoms with Crippen LogP contribution in [0, 0.1) is 6.92 Å². The van der Waals surface area contributed by atoms with Crippen LogP contribution < -0.4 is 0 Å². The average Bonchev–Trinajstić information content (AvgIpc) is 2.37. The van der Waals surface area contributed by atoms with Gasteiger partial charge in [-0.15, -0.1) is 0 Å². The first-order valence-electron chi connectivity index (χ1n) is 6.22. The first kappa shape index (κ1) is 16.1. The van der Waals surface area contributed by atoms with Crippen molar-refractivity contribution in [1.29, 1.82) is 0 Å². The lowest BCUT2D eigenvalue weighted by Crippen LogP contribution is -2.09. The summed E-state index contributed by atoms with van der Waals surface area (Å²) in [5, 5.41) is 0.902. The van der Waals surface area contributed by atoms with E-state index >= 15 is 0 Å². The summed E-state index contributed by atoms with van der Waals surface area (Å²) in [6, 6.07) is 11.8. The van der Waals surface area contributed by atoms with Crippen molar-refractivity contribution >= 4 is 38.6 Å².